The molecule has 3 fully saturated rings. The van der Waals surface area contributed by atoms with Gasteiger partial charge in [-0.3, -0.25) is 0 Å². The summed E-state index contributed by atoms with van der Waals surface area (Å²) in [7, 11) is -11.1. The Bertz CT molecular complexity index is 1000. The van der Waals surface area contributed by atoms with Gasteiger partial charge in [0.05, 0.1) is 40.0 Å². The molecule has 0 radical (unpaired) electrons. The number of sulfonamides is 1. The zero-order valence-electron chi connectivity index (χ0n) is 13.4. The normalized spacial score (nSPS) is 35.7. The second-order valence-corrected chi connectivity index (χ2v) is 13.1. The van der Waals surface area contributed by atoms with Crippen molar-refractivity contribution in [3.05, 3.63) is 30.1 Å². The molecule has 26 heavy (non-hydrogen) atoms. The summed E-state index contributed by atoms with van der Waals surface area (Å²) in [6, 6.07) is 1.11. The average molecular weight is 424 g/mol. The van der Waals surface area contributed by atoms with E-state index in [1.807, 2.05) is 0 Å². The molecule has 0 aromatic heterocycles. The summed E-state index contributed by atoms with van der Waals surface area (Å²) in [6.07, 6.45) is 0. The van der Waals surface area contributed by atoms with E-state index in [2.05, 4.69) is 5.32 Å². The van der Waals surface area contributed by atoms with Crippen LogP contribution in [0.5, 0.6) is 0 Å². The second-order valence-electron chi connectivity index (χ2n) is 6.96. The van der Waals surface area contributed by atoms with Crippen molar-refractivity contribution in [1.29, 1.82) is 0 Å². The number of hydrogen-bond acceptors (Lipinski definition) is 7. The van der Waals surface area contributed by atoms with Crippen molar-refractivity contribution >= 4 is 29.7 Å². The largest absolute Gasteiger partial charge is 0.306 e. The fourth-order valence-electron chi connectivity index (χ4n) is 4.08. The van der Waals surface area contributed by atoms with Crippen molar-refractivity contribution in [2.75, 3.05) is 23.0 Å². The molecule has 8 nitrogen and oxygen atoms in total. The van der Waals surface area contributed by atoms with Crippen LogP contribution in [0.2, 0.25) is 0 Å². The number of nitrogens with one attached hydrogen (secondary N) is 1. The van der Waals surface area contributed by atoms with Crippen molar-refractivity contribution in [2.24, 2.45) is 0 Å². The third kappa shape index (κ3) is 2.97. The van der Waals surface area contributed by atoms with Gasteiger partial charge in [0, 0.05) is 12.1 Å². The molecule has 1 N–H and O–H groups in total. The molecule has 1 aromatic carbocycles. The Balaban J connectivity index is 1.83. The maximum Gasteiger partial charge on any atom is 0.243 e. The summed E-state index contributed by atoms with van der Waals surface area (Å²) < 4.78 is 88.9. The SMILES string of the molecule is O=S1(=O)C[C@@H]2[C@@H](C1)N[C@H]1CS(=O)(=O)C[C@@H]1N2S(=O)(=O)c1ccc(F)cc1. The van der Waals surface area contributed by atoms with E-state index >= 15 is 0 Å². The van der Waals surface area contributed by atoms with Gasteiger partial charge in [-0.1, -0.05) is 0 Å². The van der Waals surface area contributed by atoms with Crippen LogP contribution in [0.3, 0.4) is 0 Å². The number of hydrogen-bond donors (Lipinski definition) is 1. The summed E-state index contributed by atoms with van der Waals surface area (Å²) in [5, 5.41) is 3.03. The number of fused-ring (bicyclic) bond motifs is 2. The molecule has 4 atom stereocenters. The lowest BCUT2D eigenvalue weighted by Crippen LogP contribution is -2.67. The third-order valence-corrected chi connectivity index (χ3v) is 10.5. The van der Waals surface area contributed by atoms with E-state index < -0.39 is 59.7 Å². The first-order valence-corrected chi connectivity index (χ1v) is 13.0. The van der Waals surface area contributed by atoms with Crippen LogP contribution >= 0.6 is 0 Å². The van der Waals surface area contributed by atoms with Gasteiger partial charge in [-0.25, -0.2) is 29.6 Å². The minimum absolute atomic E-state index is 0.188. The lowest BCUT2D eigenvalue weighted by Gasteiger charge is -2.43. The molecular weight excluding hydrogens is 407 g/mol. The summed E-state index contributed by atoms with van der Waals surface area (Å²) >= 11 is 0. The van der Waals surface area contributed by atoms with Crippen LogP contribution in [0.15, 0.2) is 29.2 Å². The molecule has 0 bridgehead atoms. The zero-order valence-corrected chi connectivity index (χ0v) is 15.9. The predicted molar refractivity (Wildman–Crippen MR) is 91.0 cm³/mol. The molecule has 0 saturated carbocycles. The van der Waals surface area contributed by atoms with Crippen LogP contribution in [-0.2, 0) is 29.7 Å². The van der Waals surface area contributed by atoms with Crippen molar-refractivity contribution in [2.45, 2.75) is 29.1 Å². The lowest BCUT2D eigenvalue weighted by atomic mass is 10.0. The van der Waals surface area contributed by atoms with Gasteiger partial charge in [-0.05, 0) is 24.3 Å². The van der Waals surface area contributed by atoms with Gasteiger partial charge in [0.25, 0.3) is 0 Å². The van der Waals surface area contributed by atoms with Crippen LogP contribution in [0, 0.1) is 5.82 Å². The highest BCUT2D eigenvalue weighted by Gasteiger charge is 2.57. The third-order valence-electron chi connectivity index (χ3n) is 5.12. The number of piperazine rings is 1. The standard InChI is InChI=1S/C14H17FN2O6S3/c15-9-1-3-10(4-2-9)26(22,23)17-13-7-24(18,19)5-11(13)16-12-6-25(20,21)8-14(12)17/h1-4,11-14,16H,5-8H2/t11-,12+,13-,14+. The molecule has 0 unspecified atom stereocenters. The molecule has 0 spiro atoms. The molecular formula is C14H17FN2O6S3. The molecule has 144 valence electrons. The van der Waals surface area contributed by atoms with Crippen molar-refractivity contribution < 1.29 is 29.6 Å². The molecule has 12 heteroatoms. The van der Waals surface area contributed by atoms with E-state index in [-0.39, 0.29) is 27.9 Å². The molecule has 0 aliphatic carbocycles. The Labute approximate surface area is 151 Å². The molecule has 3 aliphatic rings. The Hall–Kier alpha value is -1.08. The number of nitrogens with zero attached hydrogens (tertiary/aromatic N) is 1. The van der Waals surface area contributed by atoms with Gasteiger partial charge < -0.3 is 5.32 Å². The van der Waals surface area contributed by atoms with Crippen molar-refractivity contribution in [1.82, 2.24) is 9.62 Å². The first-order chi connectivity index (χ1) is 12.0. The molecule has 0 amide bonds. The van der Waals surface area contributed by atoms with Gasteiger partial charge >= 0.3 is 0 Å². The van der Waals surface area contributed by atoms with Crippen LogP contribution in [0.4, 0.5) is 4.39 Å². The Morgan fingerprint density at radius 2 is 1.35 bits per heavy atom. The van der Waals surface area contributed by atoms with E-state index in [4.69, 9.17) is 0 Å². The molecule has 3 saturated heterocycles. The van der Waals surface area contributed by atoms with Crippen LogP contribution < -0.4 is 5.32 Å². The van der Waals surface area contributed by atoms with Gasteiger partial charge in [0.15, 0.2) is 19.7 Å². The number of rotatable bonds is 2. The Morgan fingerprint density at radius 1 is 0.885 bits per heavy atom. The van der Waals surface area contributed by atoms with E-state index in [1.54, 1.807) is 0 Å². The van der Waals surface area contributed by atoms with E-state index in [9.17, 15) is 29.6 Å². The summed E-state index contributed by atoms with van der Waals surface area (Å²) in [5.74, 6) is -1.82. The maximum absolute atomic E-state index is 13.2. The van der Waals surface area contributed by atoms with Gasteiger partial charge in [-0.2, -0.15) is 4.31 Å². The summed E-state index contributed by atoms with van der Waals surface area (Å²) in [5.41, 5.74) is 0. The predicted octanol–water partition coefficient (Wildman–Crippen LogP) is -1.25. The second kappa shape index (κ2) is 5.71. The fraction of sp³-hybridized carbons (Fsp3) is 0.571. The first-order valence-electron chi connectivity index (χ1n) is 7.95. The topological polar surface area (TPSA) is 118 Å². The first kappa shape index (κ1) is 18.3. The average Bonchev–Trinajstić information content (AvgIpc) is 2.96. The highest BCUT2D eigenvalue weighted by Crippen LogP contribution is 2.35. The van der Waals surface area contributed by atoms with Gasteiger partial charge in [0.2, 0.25) is 10.0 Å². The van der Waals surface area contributed by atoms with Gasteiger partial charge in [-0.15, -0.1) is 0 Å². The Morgan fingerprint density at radius 3 is 1.81 bits per heavy atom. The van der Waals surface area contributed by atoms with Crippen LogP contribution in [0.1, 0.15) is 0 Å². The molecule has 1 aromatic rings. The number of benzene rings is 1. The highest BCUT2D eigenvalue weighted by atomic mass is 32.2. The highest BCUT2D eigenvalue weighted by molar-refractivity contribution is 7.92. The fourth-order valence-corrected chi connectivity index (χ4v) is 9.98. The zero-order chi connectivity index (χ0) is 18.9. The molecule has 3 aliphatic heterocycles. The van der Waals surface area contributed by atoms with E-state index in [0.29, 0.717) is 0 Å². The van der Waals surface area contributed by atoms with E-state index in [1.165, 1.54) is 0 Å². The monoisotopic (exact) mass is 424 g/mol. The minimum Gasteiger partial charge on any atom is -0.306 e. The van der Waals surface area contributed by atoms with Crippen LogP contribution in [0.25, 0.3) is 0 Å². The van der Waals surface area contributed by atoms with E-state index in [0.717, 1.165) is 28.6 Å². The summed E-state index contributed by atoms with van der Waals surface area (Å²) in [6.45, 7) is 0. The minimum atomic E-state index is -4.19. The Kier molecular flexibility index (Phi) is 4.02. The number of sulfone groups is 2. The van der Waals surface area contributed by atoms with Gasteiger partial charge in [0.1, 0.15) is 5.82 Å². The maximum atomic E-state index is 13.2. The van der Waals surface area contributed by atoms with Crippen molar-refractivity contribution in [3.8, 4) is 0 Å². The summed E-state index contributed by atoms with van der Waals surface area (Å²) in [4.78, 5) is -0.188. The molecule has 4 rings (SSSR count). The van der Waals surface area contributed by atoms with Crippen molar-refractivity contribution in [3.63, 3.8) is 0 Å². The van der Waals surface area contributed by atoms with Crippen LogP contribution in [-0.4, -0.2) is 76.7 Å². The number of halogens is 1. The lowest BCUT2D eigenvalue weighted by molar-refractivity contribution is 0.160. The quantitative estimate of drug-likeness (QED) is 0.630. The smallest absolute Gasteiger partial charge is 0.243 e. The molecule has 3 heterocycles.